The molecular weight excluding hydrogens is 180 g/mol. The molecule has 1 unspecified atom stereocenters. The van der Waals surface area contributed by atoms with Crippen LogP contribution in [0.3, 0.4) is 0 Å². The maximum Gasteiger partial charge on any atom is 0.257 e. The highest BCUT2D eigenvalue weighted by molar-refractivity contribution is 5.26. The van der Waals surface area contributed by atoms with Crippen molar-refractivity contribution in [3.8, 4) is 0 Å². The molecule has 74 valence electrons. The second kappa shape index (κ2) is 4.04. The van der Waals surface area contributed by atoms with E-state index in [4.69, 9.17) is 30.3 Å². The second-order valence-electron chi connectivity index (χ2n) is 2.27. The summed E-state index contributed by atoms with van der Waals surface area (Å²) < 4.78 is 0. The van der Waals surface area contributed by atoms with Crippen molar-refractivity contribution in [2.45, 2.75) is 11.9 Å². The normalized spacial score (nSPS) is 25.0. The fourth-order valence-corrected chi connectivity index (χ4v) is 0.724. The molecule has 13 heavy (non-hydrogen) atoms. The number of carbonyl (C=O) groups is 1. The van der Waals surface area contributed by atoms with Crippen LogP contribution in [0.2, 0.25) is 0 Å². The Balaban J connectivity index is 0.000000671. The van der Waals surface area contributed by atoms with Crippen molar-refractivity contribution in [2.75, 3.05) is 0 Å². The van der Waals surface area contributed by atoms with Crippen LogP contribution in [0.15, 0.2) is 23.7 Å². The Morgan fingerprint density at radius 3 is 2.08 bits per heavy atom. The van der Waals surface area contributed by atoms with Crippen molar-refractivity contribution in [1.82, 2.24) is 0 Å². The average Bonchev–Trinajstić information content (AvgIpc) is 2.13. The van der Waals surface area contributed by atoms with Crippen molar-refractivity contribution in [3.05, 3.63) is 23.7 Å². The van der Waals surface area contributed by atoms with Gasteiger partial charge in [0.25, 0.3) is 5.79 Å². The summed E-state index contributed by atoms with van der Waals surface area (Å²) in [5, 5.41) is 44.1. The molecule has 0 fully saturated rings. The zero-order chi connectivity index (χ0) is 10.6. The predicted molar refractivity (Wildman–Crippen MR) is 41.7 cm³/mol. The molecule has 0 bridgehead atoms. The lowest BCUT2D eigenvalue weighted by atomic mass is 10.0. The van der Waals surface area contributed by atoms with Crippen LogP contribution in [-0.2, 0) is 4.79 Å². The lowest BCUT2D eigenvalue weighted by Gasteiger charge is -2.28. The standard InChI is InChI=1S/C6H8O5.CH2O/c7-3-1-2-4(8)6(10,11)5(3)9;1-2/h1-2,5,7-11H;1H2. The molecule has 0 saturated heterocycles. The lowest BCUT2D eigenvalue weighted by Crippen LogP contribution is -2.46. The van der Waals surface area contributed by atoms with E-state index in [1.807, 2.05) is 6.79 Å². The maximum absolute atomic E-state index is 8.87. The quantitative estimate of drug-likeness (QED) is 0.304. The van der Waals surface area contributed by atoms with Gasteiger partial charge in [-0.15, -0.1) is 0 Å². The van der Waals surface area contributed by atoms with Crippen LogP contribution in [0.1, 0.15) is 0 Å². The molecule has 6 nitrogen and oxygen atoms in total. The second-order valence-corrected chi connectivity index (χ2v) is 2.27. The SMILES string of the molecule is C=O.OC1=CC=C(O)C(O)(O)C1O. The molecule has 0 heterocycles. The highest BCUT2D eigenvalue weighted by atomic mass is 16.5. The largest absolute Gasteiger partial charge is 0.509 e. The van der Waals surface area contributed by atoms with Crippen molar-refractivity contribution < 1.29 is 30.3 Å². The Labute approximate surface area is 73.7 Å². The lowest BCUT2D eigenvalue weighted by molar-refractivity contribution is -0.212. The minimum atomic E-state index is -2.78. The smallest absolute Gasteiger partial charge is 0.257 e. The molecule has 0 radical (unpaired) electrons. The molecule has 5 N–H and O–H groups in total. The van der Waals surface area contributed by atoms with Gasteiger partial charge in [-0.25, -0.2) is 0 Å². The summed E-state index contributed by atoms with van der Waals surface area (Å²) in [6, 6.07) is 0. The monoisotopic (exact) mass is 190 g/mol. The summed E-state index contributed by atoms with van der Waals surface area (Å²) in [4.78, 5) is 8.00. The van der Waals surface area contributed by atoms with Gasteiger partial charge in [-0.05, 0) is 12.2 Å². The summed E-state index contributed by atoms with van der Waals surface area (Å²) in [6.07, 6.45) is -0.0280. The highest BCUT2D eigenvalue weighted by Gasteiger charge is 2.42. The zero-order valence-electron chi connectivity index (χ0n) is 6.58. The number of aliphatic hydroxyl groups is 5. The van der Waals surface area contributed by atoms with Crippen LogP contribution in [0, 0.1) is 0 Å². The molecule has 0 saturated carbocycles. The predicted octanol–water partition coefficient (Wildman–Crippen LogP) is -1.26. The number of rotatable bonds is 0. The molecule has 0 aromatic carbocycles. The van der Waals surface area contributed by atoms with E-state index in [9.17, 15) is 0 Å². The molecule has 1 aliphatic carbocycles. The van der Waals surface area contributed by atoms with Crippen LogP contribution < -0.4 is 0 Å². The number of hydrogen-bond acceptors (Lipinski definition) is 6. The number of carbonyl (C=O) groups excluding carboxylic acids is 1. The molecule has 6 heteroatoms. The first-order valence-corrected chi connectivity index (χ1v) is 3.18. The Morgan fingerprint density at radius 2 is 1.69 bits per heavy atom. The van der Waals surface area contributed by atoms with Crippen LogP contribution in [-0.4, -0.2) is 44.2 Å². The van der Waals surface area contributed by atoms with Crippen molar-refractivity contribution in [1.29, 1.82) is 0 Å². The Bertz CT molecular complexity index is 241. The van der Waals surface area contributed by atoms with Crippen LogP contribution >= 0.6 is 0 Å². The minimum Gasteiger partial charge on any atom is -0.509 e. The summed E-state index contributed by atoms with van der Waals surface area (Å²) in [7, 11) is 0. The van der Waals surface area contributed by atoms with E-state index < -0.39 is 23.4 Å². The number of aliphatic hydroxyl groups excluding tert-OH is 3. The van der Waals surface area contributed by atoms with E-state index in [-0.39, 0.29) is 0 Å². The molecule has 1 rings (SSSR count). The first-order valence-electron chi connectivity index (χ1n) is 3.18. The van der Waals surface area contributed by atoms with Crippen LogP contribution in [0.4, 0.5) is 0 Å². The van der Waals surface area contributed by atoms with E-state index in [2.05, 4.69) is 0 Å². The van der Waals surface area contributed by atoms with Gasteiger partial charge in [-0.3, -0.25) is 0 Å². The maximum atomic E-state index is 8.87. The number of allylic oxidation sites excluding steroid dienone is 2. The van der Waals surface area contributed by atoms with Gasteiger partial charge in [0.2, 0.25) is 0 Å². The van der Waals surface area contributed by atoms with E-state index in [0.29, 0.717) is 0 Å². The third-order valence-corrected chi connectivity index (χ3v) is 1.45. The topological polar surface area (TPSA) is 118 Å². The van der Waals surface area contributed by atoms with Crippen LogP contribution in [0.5, 0.6) is 0 Å². The van der Waals surface area contributed by atoms with Gasteiger partial charge in [-0.1, -0.05) is 0 Å². The highest BCUT2D eigenvalue weighted by Crippen LogP contribution is 2.24. The molecule has 0 aromatic heterocycles. The zero-order valence-corrected chi connectivity index (χ0v) is 6.58. The fraction of sp³-hybridized carbons (Fsp3) is 0.286. The molecule has 0 spiro atoms. The van der Waals surface area contributed by atoms with Gasteiger partial charge in [0.05, 0.1) is 0 Å². The van der Waals surface area contributed by atoms with Crippen LogP contribution in [0.25, 0.3) is 0 Å². The molecule has 1 atom stereocenters. The minimum absolute atomic E-state index is 0.604. The van der Waals surface area contributed by atoms with Gasteiger partial charge >= 0.3 is 0 Å². The van der Waals surface area contributed by atoms with E-state index in [1.165, 1.54) is 0 Å². The van der Waals surface area contributed by atoms with Crippen molar-refractivity contribution in [2.24, 2.45) is 0 Å². The molecule has 1 aliphatic rings. The van der Waals surface area contributed by atoms with Gasteiger partial charge in [0, 0.05) is 0 Å². The first kappa shape index (κ1) is 11.6. The third-order valence-electron chi connectivity index (χ3n) is 1.45. The van der Waals surface area contributed by atoms with Crippen molar-refractivity contribution >= 4 is 6.79 Å². The molecule has 0 aliphatic heterocycles. The number of hydrogen-bond donors (Lipinski definition) is 5. The van der Waals surface area contributed by atoms with E-state index in [1.54, 1.807) is 0 Å². The first-order chi connectivity index (χ1) is 5.96. The van der Waals surface area contributed by atoms with Crippen molar-refractivity contribution in [3.63, 3.8) is 0 Å². The third kappa shape index (κ3) is 2.05. The average molecular weight is 190 g/mol. The van der Waals surface area contributed by atoms with Gasteiger partial charge < -0.3 is 30.3 Å². The van der Waals surface area contributed by atoms with Gasteiger partial charge in [-0.2, -0.15) is 0 Å². The Morgan fingerprint density at radius 1 is 1.23 bits per heavy atom. The Hall–Kier alpha value is -1.37. The van der Waals surface area contributed by atoms with E-state index >= 15 is 0 Å². The molecule has 0 aromatic rings. The van der Waals surface area contributed by atoms with Gasteiger partial charge in [0.1, 0.15) is 12.5 Å². The van der Waals surface area contributed by atoms with E-state index in [0.717, 1.165) is 12.2 Å². The summed E-state index contributed by atoms with van der Waals surface area (Å²) in [5.41, 5.74) is 0. The summed E-state index contributed by atoms with van der Waals surface area (Å²) in [5.74, 6) is -4.19. The summed E-state index contributed by atoms with van der Waals surface area (Å²) in [6.45, 7) is 2.00. The molecular formula is C7H10O6. The fourth-order valence-electron chi connectivity index (χ4n) is 0.724. The van der Waals surface area contributed by atoms with Gasteiger partial charge in [0.15, 0.2) is 11.9 Å². The molecule has 0 amide bonds. The summed E-state index contributed by atoms with van der Waals surface area (Å²) >= 11 is 0. The Kier molecular flexibility index (Phi) is 3.61.